The fourth-order valence-corrected chi connectivity index (χ4v) is 4.68. The van der Waals surface area contributed by atoms with E-state index in [0.717, 1.165) is 30.7 Å². The Balaban J connectivity index is 1.56. The van der Waals surface area contributed by atoms with Crippen LogP contribution in [-0.4, -0.2) is 54.2 Å². The summed E-state index contributed by atoms with van der Waals surface area (Å²) in [6.07, 6.45) is -3.64. The third-order valence-corrected chi connectivity index (χ3v) is 6.17. The van der Waals surface area contributed by atoms with Gasteiger partial charge in [-0.2, -0.15) is 13.2 Å². The number of carbonyl (C=O) groups excluding carboxylic acids is 1. The molecule has 0 radical (unpaired) electrons. The van der Waals surface area contributed by atoms with Crippen molar-refractivity contribution in [3.05, 3.63) is 65.2 Å². The van der Waals surface area contributed by atoms with Crippen molar-refractivity contribution in [1.29, 1.82) is 0 Å². The van der Waals surface area contributed by atoms with E-state index in [9.17, 15) is 22.8 Å². The molecule has 2 aliphatic rings. The molecule has 2 heterocycles. The SMILES string of the molecule is O=C(O)COc1cccc(C(=O)N2C[C@H](c3ccc(C(F)(F)F)cc3)[C@H]3CNCC[C@H]32)c1. The molecule has 170 valence electrons. The fourth-order valence-electron chi connectivity index (χ4n) is 4.68. The summed E-state index contributed by atoms with van der Waals surface area (Å²) >= 11 is 0. The first-order valence-corrected chi connectivity index (χ1v) is 10.4. The largest absolute Gasteiger partial charge is 0.482 e. The summed E-state index contributed by atoms with van der Waals surface area (Å²) < 4.78 is 44.0. The van der Waals surface area contributed by atoms with Crippen LogP contribution in [0.15, 0.2) is 48.5 Å². The summed E-state index contributed by atoms with van der Waals surface area (Å²) in [6.45, 7) is 1.34. The number of nitrogens with one attached hydrogen (secondary N) is 1. The lowest BCUT2D eigenvalue weighted by atomic mass is 9.82. The molecule has 6 nitrogen and oxygen atoms in total. The van der Waals surface area contributed by atoms with E-state index in [0.29, 0.717) is 24.4 Å². The number of ether oxygens (including phenoxy) is 1. The quantitative estimate of drug-likeness (QED) is 0.733. The number of fused-ring (bicyclic) bond motifs is 1. The smallest absolute Gasteiger partial charge is 0.416 e. The molecule has 4 rings (SSSR count). The molecule has 1 amide bonds. The van der Waals surface area contributed by atoms with Crippen molar-refractivity contribution in [2.75, 3.05) is 26.2 Å². The van der Waals surface area contributed by atoms with Crippen LogP contribution in [-0.2, 0) is 11.0 Å². The van der Waals surface area contributed by atoms with Gasteiger partial charge in [0.05, 0.1) is 5.56 Å². The number of nitrogens with zero attached hydrogens (tertiary/aromatic N) is 1. The highest BCUT2D eigenvalue weighted by molar-refractivity contribution is 5.95. The second-order valence-corrected chi connectivity index (χ2v) is 8.12. The Hall–Kier alpha value is -3.07. The van der Waals surface area contributed by atoms with Crippen molar-refractivity contribution in [2.45, 2.75) is 24.6 Å². The fraction of sp³-hybridized carbons (Fsp3) is 0.391. The van der Waals surface area contributed by atoms with Crippen LogP contribution in [0.3, 0.4) is 0 Å². The summed E-state index contributed by atoms with van der Waals surface area (Å²) in [5.41, 5.74) is 0.479. The van der Waals surface area contributed by atoms with Crippen LogP contribution in [0, 0.1) is 5.92 Å². The third kappa shape index (κ3) is 4.57. The van der Waals surface area contributed by atoms with Crippen LogP contribution < -0.4 is 10.1 Å². The predicted molar refractivity (Wildman–Crippen MR) is 110 cm³/mol. The monoisotopic (exact) mass is 448 g/mol. The summed E-state index contributed by atoms with van der Waals surface area (Å²) in [7, 11) is 0. The van der Waals surface area contributed by atoms with E-state index in [-0.39, 0.29) is 23.8 Å². The molecule has 2 aromatic carbocycles. The van der Waals surface area contributed by atoms with Crippen LogP contribution >= 0.6 is 0 Å². The van der Waals surface area contributed by atoms with E-state index in [1.165, 1.54) is 18.2 Å². The predicted octanol–water partition coefficient (Wildman–Crippen LogP) is 3.39. The van der Waals surface area contributed by atoms with Crippen molar-refractivity contribution < 1.29 is 32.6 Å². The summed E-state index contributed by atoms with van der Waals surface area (Å²) in [6, 6.07) is 11.6. The second-order valence-electron chi connectivity index (χ2n) is 8.12. The number of carboxylic acids is 1. The molecule has 32 heavy (non-hydrogen) atoms. The number of piperidine rings is 1. The Morgan fingerprint density at radius 2 is 1.91 bits per heavy atom. The maximum atomic E-state index is 13.3. The van der Waals surface area contributed by atoms with Crippen molar-refractivity contribution in [3.8, 4) is 5.75 Å². The van der Waals surface area contributed by atoms with Crippen molar-refractivity contribution in [3.63, 3.8) is 0 Å². The minimum absolute atomic E-state index is 0.0281. The van der Waals surface area contributed by atoms with Crippen molar-refractivity contribution >= 4 is 11.9 Å². The van der Waals surface area contributed by atoms with E-state index < -0.39 is 24.3 Å². The number of carboxylic acid groups (broad SMARTS) is 1. The van der Waals surface area contributed by atoms with Gasteiger partial charge in [0, 0.05) is 36.5 Å². The topological polar surface area (TPSA) is 78.9 Å². The molecule has 0 spiro atoms. The summed E-state index contributed by atoms with van der Waals surface area (Å²) in [5, 5.41) is 12.1. The number of hydrogen-bond donors (Lipinski definition) is 2. The number of rotatable bonds is 5. The molecule has 3 atom stereocenters. The van der Waals surface area contributed by atoms with Gasteiger partial charge < -0.3 is 20.1 Å². The van der Waals surface area contributed by atoms with Gasteiger partial charge in [-0.3, -0.25) is 4.79 Å². The van der Waals surface area contributed by atoms with Gasteiger partial charge in [-0.25, -0.2) is 4.79 Å². The molecule has 9 heteroatoms. The zero-order chi connectivity index (χ0) is 22.9. The molecule has 2 fully saturated rings. The lowest BCUT2D eigenvalue weighted by Crippen LogP contribution is -2.46. The van der Waals surface area contributed by atoms with E-state index >= 15 is 0 Å². The standard InChI is InChI=1S/C23H23F3N2O4/c24-23(25,26)16-6-4-14(5-7-16)19-12-28(20-8-9-27-11-18(19)20)22(31)15-2-1-3-17(10-15)32-13-21(29)30/h1-7,10,18-20,27H,8-9,11-13H2,(H,29,30)/t18-,19-,20-/m1/s1. The number of halogens is 3. The number of aliphatic carboxylic acids is 1. The van der Waals surface area contributed by atoms with Crippen molar-refractivity contribution in [2.24, 2.45) is 5.92 Å². The molecule has 0 unspecified atom stereocenters. The minimum Gasteiger partial charge on any atom is -0.482 e. The van der Waals surface area contributed by atoms with E-state index in [4.69, 9.17) is 9.84 Å². The first-order chi connectivity index (χ1) is 15.2. The number of likely N-dealkylation sites (tertiary alicyclic amines) is 1. The van der Waals surface area contributed by atoms with Gasteiger partial charge in [-0.15, -0.1) is 0 Å². The molecular formula is C23H23F3N2O4. The van der Waals surface area contributed by atoms with Gasteiger partial charge in [0.1, 0.15) is 5.75 Å². The number of hydrogen-bond acceptors (Lipinski definition) is 4. The van der Waals surface area contributed by atoms with Gasteiger partial charge in [-0.1, -0.05) is 18.2 Å². The Morgan fingerprint density at radius 1 is 1.16 bits per heavy atom. The molecule has 2 aliphatic heterocycles. The van der Waals surface area contributed by atoms with Crippen LogP contribution in [0.4, 0.5) is 13.2 Å². The Kier molecular flexibility index (Phi) is 6.10. The lowest BCUT2D eigenvalue weighted by molar-refractivity contribution is -0.139. The summed E-state index contributed by atoms with van der Waals surface area (Å²) in [4.78, 5) is 25.9. The zero-order valence-electron chi connectivity index (χ0n) is 17.1. The molecule has 0 bridgehead atoms. The maximum Gasteiger partial charge on any atom is 0.416 e. The average Bonchev–Trinajstić information content (AvgIpc) is 3.16. The first kappa shape index (κ1) is 22.1. The molecule has 2 aromatic rings. The molecule has 2 saturated heterocycles. The number of benzene rings is 2. The van der Waals surface area contributed by atoms with E-state index in [2.05, 4.69) is 5.32 Å². The Bertz CT molecular complexity index is 993. The molecule has 2 N–H and O–H groups in total. The maximum absolute atomic E-state index is 13.3. The molecule has 0 aromatic heterocycles. The zero-order valence-corrected chi connectivity index (χ0v) is 17.1. The lowest BCUT2D eigenvalue weighted by Gasteiger charge is -2.33. The van der Waals surface area contributed by atoms with Crippen molar-refractivity contribution in [1.82, 2.24) is 10.2 Å². The minimum atomic E-state index is -4.39. The van der Waals surface area contributed by atoms with E-state index in [1.807, 2.05) is 0 Å². The highest BCUT2D eigenvalue weighted by atomic mass is 19.4. The van der Waals surface area contributed by atoms with Gasteiger partial charge in [-0.05, 0) is 48.9 Å². The summed E-state index contributed by atoms with van der Waals surface area (Å²) in [5.74, 6) is -1.00. The normalized spacial score (nSPS) is 23.0. The van der Waals surface area contributed by atoms with Crippen LogP contribution in [0.25, 0.3) is 0 Å². The molecular weight excluding hydrogens is 425 g/mol. The first-order valence-electron chi connectivity index (χ1n) is 10.4. The highest BCUT2D eigenvalue weighted by Gasteiger charge is 2.45. The average molecular weight is 448 g/mol. The molecule has 0 saturated carbocycles. The van der Waals surface area contributed by atoms with Gasteiger partial charge >= 0.3 is 12.1 Å². The number of amides is 1. The van der Waals surface area contributed by atoms with Gasteiger partial charge in [0.2, 0.25) is 0 Å². The third-order valence-electron chi connectivity index (χ3n) is 6.17. The van der Waals surface area contributed by atoms with Gasteiger partial charge in [0.15, 0.2) is 6.61 Å². The molecule has 0 aliphatic carbocycles. The number of carbonyl (C=O) groups is 2. The van der Waals surface area contributed by atoms with Crippen LogP contribution in [0.1, 0.15) is 33.8 Å². The Morgan fingerprint density at radius 3 is 2.59 bits per heavy atom. The second kappa shape index (κ2) is 8.82. The Labute approximate surface area is 183 Å². The number of alkyl halides is 3. The van der Waals surface area contributed by atoms with Gasteiger partial charge in [0.25, 0.3) is 5.91 Å². The van der Waals surface area contributed by atoms with Crippen LogP contribution in [0.2, 0.25) is 0 Å². The van der Waals surface area contributed by atoms with Crippen LogP contribution in [0.5, 0.6) is 5.75 Å². The van der Waals surface area contributed by atoms with E-state index in [1.54, 1.807) is 23.1 Å². The highest BCUT2D eigenvalue weighted by Crippen LogP contribution is 2.41.